The molecule has 0 unspecified atom stereocenters. The van der Waals surface area contributed by atoms with Crippen LogP contribution in [0.25, 0.3) is 5.52 Å². The summed E-state index contributed by atoms with van der Waals surface area (Å²) < 4.78 is 1.59. The molecule has 4 rings (SSSR count). The van der Waals surface area contributed by atoms with Crippen LogP contribution in [0.15, 0.2) is 48.8 Å². The molecule has 8 nitrogen and oxygen atoms in total. The number of carbonyl (C=O) groups is 2. The van der Waals surface area contributed by atoms with E-state index in [0.717, 1.165) is 6.42 Å². The molecule has 0 saturated heterocycles. The van der Waals surface area contributed by atoms with Crippen LogP contribution in [0.4, 0.5) is 11.4 Å². The summed E-state index contributed by atoms with van der Waals surface area (Å²) in [5, 5.41) is 20.9. The number of primary amides is 1. The number of benzene rings is 1. The van der Waals surface area contributed by atoms with Crippen molar-refractivity contribution in [2.24, 2.45) is 11.1 Å². The molecule has 1 fully saturated rings. The molecule has 0 bridgehead atoms. The average molecular weight is 407 g/mol. The maximum atomic E-state index is 12.5. The number of carbonyl (C=O) groups excluding carboxylic acids is 2. The molecule has 1 aliphatic rings. The van der Waals surface area contributed by atoms with Crippen LogP contribution < -0.4 is 16.4 Å². The van der Waals surface area contributed by atoms with E-state index in [9.17, 15) is 14.7 Å². The predicted molar refractivity (Wildman–Crippen MR) is 115 cm³/mol. The van der Waals surface area contributed by atoms with Crippen LogP contribution in [0, 0.1) is 5.41 Å². The van der Waals surface area contributed by atoms with Gasteiger partial charge in [0.2, 0.25) is 0 Å². The molecule has 5 N–H and O–H groups in total. The predicted octanol–water partition coefficient (Wildman–Crippen LogP) is 2.65. The highest BCUT2D eigenvalue weighted by Gasteiger charge is 2.42. The van der Waals surface area contributed by atoms with Crippen LogP contribution in [0.3, 0.4) is 0 Å². The van der Waals surface area contributed by atoms with E-state index in [2.05, 4.69) is 15.7 Å². The first kappa shape index (κ1) is 19.9. The minimum absolute atomic E-state index is 0.0472. The van der Waals surface area contributed by atoms with E-state index >= 15 is 0 Å². The number of amides is 2. The second-order valence-corrected chi connectivity index (χ2v) is 8.29. The molecule has 1 aliphatic carbocycles. The Balaban J connectivity index is 1.70. The van der Waals surface area contributed by atoms with E-state index < -0.39 is 12.0 Å². The van der Waals surface area contributed by atoms with Gasteiger partial charge in [0.25, 0.3) is 11.8 Å². The molecule has 1 saturated carbocycles. The Morgan fingerprint density at radius 1 is 1.23 bits per heavy atom. The van der Waals surface area contributed by atoms with Crippen molar-refractivity contribution in [2.45, 2.75) is 38.8 Å². The maximum absolute atomic E-state index is 12.5. The van der Waals surface area contributed by atoms with Gasteiger partial charge in [-0.15, -0.1) is 0 Å². The van der Waals surface area contributed by atoms with Crippen LogP contribution in [0.1, 0.15) is 47.4 Å². The van der Waals surface area contributed by atoms with Crippen molar-refractivity contribution in [2.75, 3.05) is 10.6 Å². The summed E-state index contributed by atoms with van der Waals surface area (Å²) in [5.41, 5.74) is 7.74. The van der Waals surface area contributed by atoms with E-state index in [0.29, 0.717) is 28.9 Å². The second-order valence-electron chi connectivity index (χ2n) is 8.29. The summed E-state index contributed by atoms with van der Waals surface area (Å²) >= 11 is 0. The number of hydrogen-bond donors (Lipinski definition) is 4. The first-order chi connectivity index (χ1) is 14.3. The summed E-state index contributed by atoms with van der Waals surface area (Å²) in [5.74, 6) is -0.837. The van der Waals surface area contributed by atoms with Crippen molar-refractivity contribution in [1.29, 1.82) is 0 Å². The molecule has 3 aromatic rings. The fourth-order valence-corrected chi connectivity index (χ4v) is 3.99. The Morgan fingerprint density at radius 2 is 1.97 bits per heavy atom. The lowest BCUT2D eigenvalue weighted by atomic mass is 9.85. The zero-order valence-electron chi connectivity index (χ0n) is 16.9. The highest BCUT2D eigenvalue weighted by atomic mass is 16.3. The summed E-state index contributed by atoms with van der Waals surface area (Å²) in [6, 6.07) is 10.6. The summed E-state index contributed by atoms with van der Waals surface area (Å²) in [4.78, 5) is 24.5. The molecular formula is C22H25N5O3. The molecule has 0 aliphatic heterocycles. The molecular weight excluding hydrogens is 382 g/mol. The lowest BCUT2D eigenvalue weighted by molar-refractivity contribution is 0.0748. The molecule has 0 spiro atoms. The fraction of sp³-hybridized carbons (Fsp3) is 0.318. The van der Waals surface area contributed by atoms with Gasteiger partial charge in [0.15, 0.2) is 0 Å². The third-order valence-electron chi connectivity index (χ3n) is 6.00. The van der Waals surface area contributed by atoms with Gasteiger partial charge in [0, 0.05) is 17.0 Å². The number of rotatable bonds is 5. The SMILES string of the molecule is CC1(C)[C@H](O)CC[C@H]1Nc1c(C(N)=O)cnn2cc(NC(=O)c3ccccc3)cc12. The number of anilines is 2. The van der Waals surface area contributed by atoms with Gasteiger partial charge in [0.1, 0.15) is 0 Å². The smallest absolute Gasteiger partial charge is 0.255 e. The number of fused-ring (bicyclic) bond motifs is 1. The molecule has 2 atom stereocenters. The van der Waals surface area contributed by atoms with Gasteiger partial charge in [-0.05, 0) is 31.0 Å². The minimum atomic E-state index is -0.597. The Kier molecular flexibility index (Phi) is 4.95. The van der Waals surface area contributed by atoms with Crippen molar-refractivity contribution in [1.82, 2.24) is 9.61 Å². The molecule has 2 heterocycles. The van der Waals surface area contributed by atoms with Crippen molar-refractivity contribution in [3.05, 3.63) is 59.9 Å². The molecule has 2 amide bonds. The standard InChI is InChI=1S/C22H25N5O3/c1-22(2)17(8-9-18(22)28)26-19-15(20(23)29)11-24-27-12-14(10-16(19)27)25-21(30)13-6-4-3-5-7-13/h3-7,10-12,17-18,26,28H,8-9H2,1-2H3,(H2,23,29)(H,25,30)/t17-,18-/m1/s1. The minimum Gasteiger partial charge on any atom is -0.392 e. The summed E-state index contributed by atoms with van der Waals surface area (Å²) in [7, 11) is 0. The molecule has 30 heavy (non-hydrogen) atoms. The van der Waals surface area contributed by atoms with Crippen LogP contribution in [0.2, 0.25) is 0 Å². The van der Waals surface area contributed by atoms with Crippen LogP contribution in [-0.2, 0) is 0 Å². The van der Waals surface area contributed by atoms with Gasteiger partial charge >= 0.3 is 0 Å². The van der Waals surface area contributed by atoms with E-state index in [1.807, 2.05) is 19.9 Å². The van der Waals surface area contributed by atoms with E-state index in [1.165, 1.54) is 6.20 Å². The third kappa shape index (κ3) is 3.50. The Morgan fingerprint density at radius 3 is 2.60 bits per heavy atom. The first-order valence-corrected chi connectivity index (χ1v) is 9.89. The van der Waals surface area contributed by atoms with Gasteiger partial charge in [-0.1, -0.05) is 32.0 Å². The van der Waals surface area contributed by atoms with E-state index in [4.69, 9.17) is 5.73 Å². The molecule has 8 heteroatoms. The average Bonchev–Trinajstić information content (AvgIpc) is 3.23. The third-order valence-corrected chi connectivity index (χ3v) is 6.00. The van der Waals surface area contributed by atoms with E-state index in [1.54, 1.807) is 41.0 Å². The van der Waals surface area contributed by atoms with Crippen molar-refractivity contribution < 1.29 is 14.7 Å². The Labute approximate surface area is 174 Å². The van der Waals surface area contributed by atoms with Crippen LogP contribution in [0.5, 0.6) is 0 Å². The van der Waals surface area contributed by atoms with Gasteiger partial charge in [-0.3, -0.25) is 9.59 Å². The van der Waals surface area contributed by atoms with Gasteiger partial charge in [-0.2, -0.15) is 5.10 Å². The summed E-state index contributed by atoms with van der Waals surface area (Å²) in [6.45, 7) is 3.99. The highest BCUT2D eigenvalue weighted by molar-refractivity contribution is 6.06. The number of aromatic nitrogens is 2. The molecule has 156 valence electrons. The summed E-state index contributed by atoms with van der Waals surface area (Å²) in [6.07, 6.45) is 4.10. The zero-order chi connectivity index (χ0) is 21.5. The zero-order valence-corrected chi connectivity index (χ0v) is 16.9. The largest absolute Gasteiger partial charge is 0.392 e. The quantitative estimate of drug-likeness (QED) is 0.518. The van der Waals surface area contributed by atoms with Crippen molar-refractivity contribution in [3.63, 3.8) is 0 Å². The topological polar surface area (TPSA) is 122 Å². The number of aliphatic hydroxyl groups is 1. The maximum Gasteiger partial charge on any atom is 0.255 e. The van der Waals surface area contributed by atoms with Gasteiger partial charge in [0.05, 0.1) is 41.0 Å². The monoisotopic (exact) mass is 407 g/mol. The highest BCUT2D eigenvalue weighted by Crippen LogP contribution is 2.40. The number of hydrogen-bond acceptors (Lipinski definition) is 5. The normalized spacial score (nSPS) is 20.2. The number of nitrogens with zero attached hydrogens (tertiary/aromatic N) is 2. The number of nitrogens with two attached hydrogens (primary N) is 1. The molecule has 2 aromatic heterocycles. The number of nitrogens with one attached hydrogen (secondary N) is 2. The fourth-order valence-electron chi connectivity index (χ4n) is 3.99. The molecule has 0 radical (unpaired) electrons. The number of aliphatic hydroxyl groups excluding tert-OH is 1. The van der Waals surface area contributed by atoms with Crippen molar-refractivity contribution >= 4 is 28.7 Å². The van der Waals surface area contributed by atoms with Gasteiger partial charge < -0.3 is 21.5 Å². The van der Waals surface area contributed by atoms with Gasteiger partial charge in [-0.25, -0.2) is 4.52 Å². The van der Waals surface area contributed by atoms with Crippen LogP contribution in [-0.4, -0.2) is 38.7 Å². The van der Waals surface area contributed by atoms with Crippen LogP contribution >= 0.6 is 0 Å². The lowest BCUT2D eigenvalue weighted by Crippen LogP contribution is -2.38. The Bertz CT molecular complexity index is 1110. The molecule has 1 aromatic carbocycles. The first-order valence-electron chi connectivity index (χ1n) is 9.89. The van der Waals surface area contributed by atoms with Crippen molar-refractivity contribution in [3.8, 4) is 0 Å². The van der Waals surface area contributed by atoms with E-state index in [-0.39, 0.29) is 22.9 Å². The lowest BCUT2D eigenvalue weighted by Gasteiger charge is -2.32. The second kappa shape index (κ2) is 7.46. The Hall–Kier alpha value is -3.39.